The number of aromatic nitrogens is 2. The Kier molecular flexibility index (Phi) is 3.84. The quantitative estimate of drug-likeness (QED) is 0.832. The van der Waals surface area contributed by atoms with Crippen molar-refractivity contribution in [2.75, 3.05) is 0 Å². The van der Waals surface area contributed by atoms with Crippen molar-refractivity contribution in [3.8, 4) is 0 Å². The molecular formula is C14H21N3O. The summed E-state index contributed by atoms with van der Waals surface area (Å²) in [5, 5.41) is 7.37. The van der Waals surface area contributed by atoms with E-state index in [2.05, 4.69) is 10.4 Å². The van der Waals surface area contributed by atoms with E-state index < -0.39 is 0 Å². The molecule has 1 saturated carbocycles. The van der Waals surface area contributed by atoms with Crippen molar-refractivity contribution >= 4 is 12.0 Å². The summed E-state index contributed by atoms with van der Waals surface area (Å²) in [5.41, 5.74) is 3.08. The Balaban J connectivity index is 1.99. The van der Waals surface area contributed by atoms with Gasteiger partial charge in [-0.15, -0.1) is 0 Å². The Morgan fingerprint density at radius 3 is 2.61 bits per heavy atom. The number of carbonyl (C=O) groups excluding carboxylic acids is 1. The second-order valence-corrected chi connectivity index (χ2v) is 5.03. The van der Waals surface area contributed by atoms with Crippen LogP contribution in [-0.4, -0.2) is 21.7 Å². The number of nitrogens with zero attached hydrogens (tertiary/aromatic N) is 2. The molecule has 1 N–H and O–H groups in total. The molecular weight excluding hydrogens is 226 g/mol. The van der Waals surface area contributed by atoms with Gasteiger partial charge in [-0.3, -0.25) is 9.48 Å². The molecule has 0 saturated heterocycles. The SMILES string of the molecule is Cc1nn(C)c(C)c1/C=C/C(=O)NC1CCCC1. The number of hydrogen-bond acceptors (Lipinski definition) is 2. The van der Waals surface area contributed by atoms with E-state index >= 15 is 0 Å². The Bertz CT molecular complexity index is 468. The van der Waals surface area contributed by atoms with Gasteiger partial charge in [0.05, 0.1) is 5.69 Å². The minimum absolute atomic E-state index is 0.00422. The smallest absolute Gasteiger partial charge is 0.244 e. The van der Waals surface area contributed by atoms with Gasteiger partial charge in [-0.25, -0.2) is 0 Å². The zero-order chi connectivity index (χ0) is 13.1. The number of nitrogens with one attached hydrogen (secondary N) is 1. The summed E-state index contributed by atoms with van der Waals surface area (Å²) in [6, 6.07) is 0.373. The molecule has 1 aliphatic carbocycles. The maximum absolute atomic E-state index is 11.8. The van der Waals surface area contributed by atoms with Gasteiger partial charge >= 0.3 is 0 Å². The third-order valence-corrected chi connectivity index (χ3v) is 3.67. The van der Waals surface area contributed by atoms with Crippen LogP contribution in [0.4, 0.5) is 0 Å². The highest BCUT2D eigenvalue weighted by atomic mass is 16.1. The van der Waals surface area contributed by atoms with Gasteiger partial charge in [0.1, 0.15) is 0 Å². The number of carbonyl (C=O) groups is 1. The fraction of sp³-hybridized carbons (Fsp3) is 0.571. The predicted octanol–water partition coefficient (Wildman–Crippen LogP) is 2.11. The van der Waals surface area contributed by atoms with Crippen molar-refractivity contribution in [3.63, 3.8) is 0 Å². The van der Waals surface area contributed by atoms with E-state index in [9.17, 15) is 4.79 Å². The fourth-order valence-electron chi connectivity index (χ4n) is 2.51. The number of rotatable bonds is 3. The molecule has 0 aromatic carbocycles. The molecule has 0 spiro atoms. The van der Waals surface area contributed by atoms with Gasteiger partial charge in [-0.2, -0.15) is 5.10 Å². The molecule has 1 aromatic rings. The second-order valence-electron chi connectivity index (χ2n) is 5.03. The molecule has 0 bridgehead atoms. The van der Waals surface area contributed by atoms with Gasteiger partial charge in [0.25, 0.3) is 0 Å². The van der Waals surface area contributed by atoms with Crippen LogP contribution in [0.1, 0.15) is 42.6 Å². The first-order valence-corrected chi connectivity index (χ1v) is 6.56. The third kappa shape index (κ3) is 2.81. The van der Waals surface area contributed by atoms with Crippen LogP contribution in [0.3, 0.4) is 0 Å². The van der Waals surface area contributed by atoms with Crippen molar-refractivity contribution in [2.24, 2.45) is 7.05 Å². The molecule has 2 rings (SSSR count). The zero-order valence-corrected chi connectivity index (χ0v) is 11.4. The average Bonchev–Trinajstić information content (AvgIpc) is 2.88. The van der Waals surface area contributed by atoms with Crippen LogP contribution in [0.5, 0.6) is 0 Å². The summed E-state index contributed by atoms with van der Waals surface area (Å²) in [5.74, 6) is 0.00422. The molecule has 98 valence electrons. The molecule has 1 fully saturated rings. The Morgan fingerprint density at radius 1 is 1.39 bits per heavy atom. The molecule has 0 aliphatic heterocycles. The van der Waals surface area contributed by atoms with Gasteiger partial charge in [0, 0.05) is 30.4 Å². The van der Waals surface area contributed by atoms with Gasteiger partial charge in [0.15, 0.2) is 0 Å². The molecule has 1 aromatic heterocycles. The summed E-state index contributed by atoms with van der Waals surface area (Å²) < 4.78 is 1.84. The maximum Gasteiger partial charge on any atom is 0.244 e. The molecule has 0 radical (unpaired) electrons. The molecule has 4 nitrogen and oxygen atoms in total. The van der Waals surface area contributed by atoms with Gasteiger partial charge in [0.2, 0.25) is 5.91 Å². The topological polar surface area (TPSA) is 46.9 Å². The maximum atomic E-state index is 11.8. The summed E-state index contributed by atoms with van der Waals surface area (Å²) in [6.45, 7) is 3.97. The molecule has 1 aliphatic rings. The number of hydrogen-bond donors (Lipinski definition) is 1. The fourth-order valence-corrected chi connectivity index (χ4v) is 2.51. The van der Waals surface area contributed by atoms with E-state index in [4.69, 9.17) is 0 Å². The largest absolute Gasteiger partial charge is 0.350 e. The first kappa shape index (κ1) is 12.9. The van der Waals surface area contributed by atoms with Crippen molar-refractivity contribution in [3.05, 3.63) is 23.0 Å². The highest BCUT2D eigenvalue weighted by Crippen LogP contribution is 2.18. The van der Waals surface area contributed by atoms with Crippen LogP contribution >= 0.6 is 0 Å². The summed E-state index contributed by atoms with van der Waals surface area (Å²) >= 11 is 0. The van der Waals surface area contributed by atoms with Gasteiger partial charge in [-0.1, -0.05) is 12.8 Å². The third-order valence-electron chi connectivity index (χ3n) is 3.67. The average molecular weight is 247 g/mol. The lowest BCUT2D eigenvalue weighted by atomic mass is 10.2. The lowest BCUT2D eigenvalue weighted by Gasteiger charge is -2.09. The normalized spacial score (nSPS) is 16.6. The number of aryl methyl sites for hydroxylation is 2. The van der Waals surface area contributed by atoms with Gasteiger partial charge < -0.3 is 5.32 Å². The highest BCUT2D eigenvalue weighted by molar-refractivity contribution is 5.92. The molecule has 1 heterocycles. The van der Waals surface area contributed by atoms with E-state index in [0.717, 1.165) is 29.8 Å². The van der Waals surface area contributed by atoms with E-state index in [0.29, 0.717) is 6.04 Å². The monoisotopic (exact) mass is 247 g/mol. The first-order valence-electron chi connectivity index (χ1n) is 6.56. The van der Waals surface area contributed by atoms with Crippen LogP contribution in [0, 0.1) is 13.8 Å². The van der Waals surface area contributed by atoms with Crippen LogP contribution in [0.15, 0.2) is 6.08 Å². The van der Waals surface area contributed by atoms with Crippen molar-refractivity contribution in [1.82, 2.24) is 15.1 Å². The van der Waals surface area contributed by atoms with E-state index in [1.807, 2.05) is 31.7 Å². The van der Waals surface area contributed by atoms with Crippen molar-refractivity contribution in [2.45, 2.75) is 45.6 Å². The first-order chi connectivity index (χ1) is 8.58. The minimum Gasteiger partial charge on any atom is -0.350 e. The lowest BCUT2D eigenvalue weighted by molar-refractivity contribution is -0.117. The lowest BCUT2D eigenvalue weighted by Crippen LogP contribution is -2.30. The summed E-state index contributed by atoms with van der Waals surface area (Å²) in [6.07, 6.45) is 8.18. The van der Waals surface area contributed by atoms with Crippen LogP contribution in [0.2, 0.25) is 0 Å². The Labute approximate surface area is 108 Å². The van der Waals surface area contributed by atoms with Crippen LogP contribution < -0.4 is 5.32 Å². The number of amides is 1. The van der Waals surface area contributed by atoms with E-state index in [-0.39, 0.29) is 5.91 Å². The molecule has 0 atom stereocenters. The standard InChI is InChI=1S/C14H21N3O/c1-10-13(11(2)17(3)16-10)8-9-14(18)15-12-6-4-5-7-12/h8-9,12H,4-7H2,1-3H3,(H,15,18)/b9-8+. The Hall–Kier alpha value is -1.58. The molecule has 1 amide bonds. The second kappa shape index (κ2) is 5.38. The van der Waals surface area contributed by atoms with Crippen molar-refractivity contribution in [1.29, 1.82) is 0 Å². The van der Waals surface area contributed by atoms with Crippen LogP contribution in [0.25, 0.3) is 6.08 Å². The van der Waals surface area contributed by atoms with Crippen molar-refractivity contribution < 1.29 is 4.79 Å². The summed E-state index contributed by atoms with van der Waals surface area (Å²) in [4.78, 5) is 11.8. The molecule has 18 heavy (non-hydrogen) atoms. The zero-order valence-electron chi connectivity index (χ0n) is 11.4. The molecule has 4 heteroatoms. The highest BCUT2D eigenvalue weighted by Gasteiger charge is 2.15. The predicted molar refractivity (Wildman–Crippen MR) is 72.1 cm³/mol. The molecule has 0 unspecified atom stereocenters. The Morgan fingerprint density at radius 2 is 2.06 bits per heavy atom. The van der Waals surface area contributed by atoms with Crippen LogP contribution in [-0.2, 0) is 11.8 Å². The summed E-state index contributed by atoms with van der Waals surface area (Å²) in [7, 11) is 1.91. The van der Waals surface area contributed by atoms with E-state index in [1.54, 1.807) is 6.08 Å². The van der Waals surface area contributed by atoms with Gasteiger partial charge in [-0.05, 0) is 32.8 Å². The van der Waals surface area contributed by atoms with E-state index in [1.165, 1.54) is 12.8 Å². The minimum atomic E-state index is 0.00422.